The summed E-state index contributed by atoms with van der Waals surface area (Å²) in [5.41, 5.74) is 12.3. The summed E-state index contributed by atoms with van der Waals surface area (Å²) in [5.74, 6) is 1.88. The van der Waals surface area contributed by atoms with Crippen LogP contribution >= 0.6 is 0 Å². The molecule has 5 nitrogen and oxygen atoms in total. The molecule has 0 N–H and O–H groups in total. The zero-order valence-electron chi connectivity index (χ0n) is 30.2. The summed E-state index contributed by atoms with van der Waals surface area (Å²) in [5, 5.41) is 4.54. The number of nitrogens with zero attached hydrogens (tertiary/aromatic N) is 4. The highest BCUT2D eigenvalue weighted by atomic mass is 16.3. The highest BCUT2D eigenvalue weighted by molar-refractivity contribution is 6.18. The minimum Gasteiger partial charge on any atom is -0.455 e. The molecule has 0 atom stereocenters. The fourth-order valence-corrected chi connectivity index (χ4v) is 7.96. The Morgan fingerprint density at radius 2 is 0.893 bits per heavy atom. The Morgan fingerprint density at radius 3 is 1.64 bits per heavy atom. The van der Waals surface area contributed by atoms with Crippen molar-refractivity contribution >= 4 is 43.7 Å². The summed E-state index contributed by atoms with van der Waals surface area (Å²) in [6.45, 7) is 0. The van der Waals surface area contributed by atoms with Gasteiger partial charge in [0, 0.05) is 49.5 Å². The minimum atomic E-state index is 0.616. The second kappa shape index (κ2) is 13.0. The summed E-state index contributed by atoms with van der Waals surface area (Å²) in [7, 11) is 0. The van der Waals surface area contributed by atoms with Gasteiger partial charge >= 0.3 is 0 Å². The number of fused-ring (bicyclic) bond motifs is 6. The summed E-state index contributed by atoms with van der Waals surface area (Å²) < 4.78 is 9.10. The van der Waals surface area contributed by atoms with Crippen LogP contribution in [-0.4, -0.2) is 19.5 Å². The first-order chi connectivity index (χ1) is 27.7. The first kappa shape index (κ1) is 31.9. The van der Waals surface area contributed by atoms with Crippen LogP contribution < -0.4 is 0 Å². The van der Waals surface area contributed by atoms with Gasteiger partial charge in [0.05, 0.1) is 11.0 Å². The molecular formula is C51H32N4O. The first-order valence-electron chi connectivity index (χ1n) is 18.8. The molecule has 8 aromatic carbocycles. The number of para-hydroxylation sites is 3. The van der Waals surface area contributed by atoms with E-state index in [1.165, 1.54) is 16.3 Å². The van der Waals surface area contributed by atoms with Gasteiger partial charge in [-0.15, -0.1) is 0 Å². The van der Waals surface area contributed by atoms with E-state index in [0.29, 0.717) is 17.5 Å². The molecule has 0 aliphatic heterocycles. The maximum atomic E-state index is 6.75. The lowest BCUT2D eigenvalue weighted by atomic mass is 10.0. The normalized spacial score (nSPS) is 11.6. The van der Waals surface area contributed by atoms with Gasteiger partial charge in [0.25, 0.3) is 0 Å². The highest BCUT2D eigenvalue weighted by Crippen LogP contribution is 2.41. The molecule has 0 saturated carbocycles. The van der Waals surface area contributed by atoms with E-state index in [9.17, 15) is 0 Å². The molecule has 0 radical (unpaired) electrons. The molecule has 0 bridgehead atoms. The van der Waals surface area contributed by atoms with E-state index in [4.69, 9.17) is 19.4 Å². The van der Waals surface area contributed by atoms with Crippen molar-refractivity contribution in [3.63, 3.8) is 0 Å². The molecule has 3 heterocycles. The largest absolute Gasteiger partial charge is 0.455 e. The lowest BCUT2D eigenvalue weighted by Crippen LogP contribution is -2.00. The number of furan rings is 1. The second-order valence-electron chi connectivity index (χ2n) is 14.0. The fraction of sp³-hybridized carbons (Fsp3) is 0. The zero-order chi connectivity index (χ0) is 37.0. The number of aromatic nitrogens is 4. The van der Waals surface area contributed by atoms with Crippen molar-refractivity contribution in [2.75, 3.05) is 0 Å². The Hall–Kier alpha value is -7.63. The van der Waals surface area contributed by atoms with Crippen molar-refractivity contribution in [2.24, 2.45) is 0 Å². The molecule has 3 aromatic heterocycles. The van der Waals surface area contributed by atoms with Gasteiger partial charge in [-0.1, -0.05) is 158 Å². The molecule has 11 rings (SSSR count). The van der Waals surface area contributed by atoms with Crippen LogP contribution in [0.4, 0.5) is 0 Å². The molecular weight excluding hydrogens is 685 g/mol. The fourth-order valence-electron chi connectivity index (χ4n) is 7.96. The number of rotatable bonds is 6. The van der Waals surface area contributed by atoms with E-state index >= 15 is 0 Å². The lowest BCUT2D eigenvalue weighted by molar-refractivity contribution is 0.670. The molecule has 11 aromatic rings. The third-order valence-electron chi connectivity index (χ3n) is 10.7. The Bertz CT molecular complexity index is 3220. The standard InChI is InChI=1S/C51H32N4O/c1-4-14-33(15-5-1)37-18-12-19-38(30-37)51-53-49(35-16-6-2-7-17-35)52-50(54-51)36-28-26-34(27-29-36)40-23-13-24-42-44-31-46-43(32-47(44)56-48(40)42)41-22-10-11-25-45(41)55(46)39-20-8-3-9-21-39/h1-32H. The Balaban J connectivity index is 1.01. The van der Waals surface area contributed by atoms with Crippen molar-refractivity contribution in [1.82, 2.24) is 19.5 Å². The molecule has 5 heteroatoms. The average molecular weight is 717 g/mol. The molecule has 56 heavy (non-hydrogen) atoms. The molecule has 0 saturated heterocycles. The summed E-state index contributed by atoms with van der Waals surface area (Å²) in [4.78, 5) is 15.0. The number of benzene rings is 8. The lowest BCUT2D eigenvalue weighted by Gasteiger charge is -2.10. The van der Waals surface area contributed by atoms with Gasteiger partial charge in [-0.05, 0) is 53.1 Å². The maximum absolute atomic E-state index is 6.75. The van der Waals surface area contributed by atoms with Crippen molar-refractivity contribution in [1.29, 1.82) is 0 Å². The minimum absolute atomic E-state index is 0.616. The van der Waals surface area contributed by atoms with Crippen molar-refractivity contribution in [2.45, 2.75) is 0 Å². The van der Waals surface area contributed by atoms with Gasteiger partial charge < -0.3 is 8.98 Å². The molecule has 0 unspecified atom stereocenters. The third-order valence-corrected chi connectivity index (χ3v) is 10.7. The van der Waals surface area contributed by atoms with Gasteiger partial charge in [-0.2, -0.15) is 0 Å². The Morgan fingerprint density at radius 1 is 0.339 bits per heavy atom. The quantitative estimate of drug-likeness (QED) is 0.172. The summed E-state index contributed by atoms with van der Waals surface area (Å²) in [6, 6.07) is 67.3. The van der Waals surface area contributed by atoms with E-state index in [1.807, 2.05) is 36.4 Å². The molecule has 0 amide bonds. The molecule has 0 aliphatic carbocycles. The first-order valence-corrected chi connectivity index (χ1v) is 18.8. The molecule has 262 valence electrons. The zero-order valence-corrected chi connectivity index (χ0v) is 30.2. The third kappa shape index (κ3) is 5.37. The van der Waals surface area contributed by atoms with Crippen LogP contribution in [0.2, 0.25) is 0 Å². The van der Waals surface area contributed by atoms with Gasteiger partial charge in [0.15, 0.2) is 17.5 Å². The van der Waals surface area contributed by atoms with Crippen LogP contribution in [0.1, 0.15) is 0 Å². The molecule has 0 spiro atoms. The van der Waals surface area contributed by atoms with E-state index in [2.05, 4.69) is 162 Å². The topological polar surface area (TPSA) is 56.7 Å². The predicted molar refractivity (Wildman–Crippen MR) is 229 cm³/mol. The van der Waals surface area contributed by atoms with Gasteiger partial charge in [-0.3, -0.25) is 0 Å². The van der Waals surface area contributed by atoms with E-state index < -0.39 is 0 Å². The van der Waals surface area contributed by atoms with Crippen LogP contribution in [0, 0.1) is 0 Å². The smallest absolute Gasteiger partial charge is 0.164 e. The van der Waals surface area contributed by atoms with E-state index in [0.717, 1.165) is 72.1 Å². The number of hydrogen-bond donors (Lipinski definition) is 0. The van der Waals surface area contributed by atoms with Gasteiger partial charge in [0.1, 0.15) is 11.2 Å². The molecule has 0 aliphatic rings. The highest BCUT2D eigenvalue weighted by Gasteiger charge is 2.19. The SMILES string of the molecule is c1ccc(-c2cccc(-c3nc(-c4ccccc4)nc(-c4ccc(-c5cccc6c5oc5cc7c8ccccc8n(-c8ccccc8)c7cc56)cc4)n3)c2)cc1. The van der Waals surface area contributed by atoms with Gasteiger partial charge in [0.2, 0.25) is 0 Å². The van der Waals surface area contributed by atoms with Crippen LogP contribution in [0.25, 0.3) is 106 Å². The van der Waals surface area contributed by atoms with Crippen molar-refractivity contribution in [3.8, 4) is 62.1 Å². The molecule has 0 fully saturated rings. The van der Waals surface area contributed by atoms with E-state index in [-0.39, 0.29) is 0 Å². The van der Waals surface area contributed by atoms with Crippen LogP contribution in [0.15, 0.2) is 199 Å². The maximum Gasteiger partial charge on any atom is 0.164 e. The Labute approximate surface area is 322 Å². The number of hydrogen-bond acceptors (Lipinski definition) is 4. The predicted octanol–water partition coefficient (Wildman–Crippen LogP) is 13.2. The second-order valence-corrected chi connectivity index (χ2v) is 14.0. The Kier molecular flexibility index (Phi) is 7.42. The van der Waals surface area contributed by atoms with Crippen LogP contribution in [-0.2, 0) is 0 Å². The van der Waals surface area contributed by atoms with Crippen LogP contribution in [0.5, 0.6) is 0 Å². The van der Waals surface area contributed by atoms with Gasteiger partial charge in [-0.25, -0.2) is 15.0 Å². The van der Waals surface area contributed by atoms with Crippen LogP contribution in [0.3, 0.4) is 0 Å². The monoisotopic (exact) mass is 716 g/mol. The van der Waals surface area contributed by atoms with Crippen molar-refractivity contribution in [3.05, 3.63) is 194 Å². The summed E-state index contributed by atoms with van der Waals surface area (Å²) >= 11 is 0. The van der Waals surface area contributed by atoms with Crippen molar-refractivity contribution < 1.29 is 4.42 Å². The average Bonchev–Trinajstić information content (AvgIpc) is 3.81. The van der Waals surface area contributed by atoms with E-state index in [1.54, 1.807) is 0 Å². The summed E-state index contributed by atoms with van der Waals surface area (Å²) in [6.07, 6.45) is 0.